The van der Waals surface area contributed by atoms with Crippen molar-refractivity contribution in [2.45, 2.75) is 70.9 Å². The number of amides is 1. The van der Waals surface area contributed by atoms with Gasteiger partial charge in [0.2, 0.25) is 0 Å². The Bertz CT molecular complexity index is 1510. The first kappa shape index (κ1) is 29.3. The Morgan fingerprint density at radius 3 is 2.47 bits per heavy atom. The van der Waals surface area contributed by atoms with Gasteiger partial charge < -0.3 is 14.4 Å². The molecule has 43 heavy (non-hydrogen) atoms. The second-order valence-electron chi connectivity index (χ2n) is 12.1. The number of aromatic nitrogens is 1. The van der Waals surface area contributed by atoms with Crippen LogP contribution >= 0.6 is 0 Å². The Hall–Kier alpha value is -3.78. The number of benzene rings is 2. The minimum atomic E-state index is -0.468. The molecule has 1 saturated carbocycles. The molecule has 1 aromatic heterocycles. The fraction of sp³-hybridized carbons (Fsp3) is 0.457. The largest absolute Gasteiger partial charge is 0.493 e. The van der Waals surface area contributed by atoms with Crippen molar-refractivity contribution in [1.29, 1.82) is 0 Å². The molecule has 2 aromatic carbocycles. The minimum absolute atomic E-state index is 0.0412. The van der Waals surface area contributed by atoms with E-state index in [-0.39, 0.29) is 17.8 Å². The fourth-order valence-electron chi connectivity index (χ4n) is 6.58. The van der Waals surface area contributed by atoms with Crippen LogP contribution in [0.5, 0.6) is 5.75 Å². The van der Waals surface area contributed by atoms with Gasteiger partial charge in [0.1, 0.15) is 11.6 Å². The minimum Gasteiger partial charge on any atom is -0.493 e. The molecular weight excluding hydrogens is 545 g/mol. The zero-order valence-corrected chi connectivity index (χ0v) is 25.3. The lowest BCUT2D eigenvalue weighted by atomic mass is 9.92. The number of likely N-dealkylation sites (tertiary alicyclic amines) is 1. The number of rotatable bonds is 9. The standard InChI is InChI=1S/C35H40FN3O4/c1-4-17-43-32-19-23(18-29(24-5-6-24)33(32)25-7-9-26(36)10-8-25)21-38-14-11-27(12-15-38)39-16-13-31-30(34(39)40)20-28(22(2)37-31)35(41)42-3/h7-10,18-20,24,27H,4-6,11-17,21H2,1-3H3. The van der Waals surface area contributed by atoms with Crippen molar-refractivity contribution in [3.05, 3.63) is 81.9 Å². The van der Waals surface area contributed by atoms with Crippen LogP contribution in [0, 0.1) is 12.7 Å². The van der Waals surface area contributed by atoms with Crippen LogP contribution in [-0.4, -0.2) is 66.1 Å². The number of aryl methyl sites for hydroxylation is 1. The molecule has 8 heteroatoms. The van der Waals surface area contributed by atoms with Gasteiger partial charge >= 0.3 is 5.97 Å². The predicted molar refractivity (Wildman–Crippen MR) is 163 cm³/mol. The molecule has 0 spiro atoms. The van der Waals surface area contributed by atoms with Crippen LogP contribution < -0.4 is 4.74 Å². The summed E-state index contributed by atoms with van der Waals surface area (Å²) in [7, 11) is 1.34. The van der Waals surface area contributed by atoms with Crippen molar-refractivity contribution in [1.82, 2.24) is 14.8 Å². The van der Waals surface area contributed by atoms with E-state index in [0.29, 0.717) is 42.3 Å². The number of esters is 1. The van der Waals surface area contributed by atoms with Gasteiger partial charge in [-0.1, -0.05) is 25.1 Å². The topological polar surface area (TPSA) is 72.0 Å². The number of carbonyl (C=O) groups excluding carboxylic acids is 2. The fourth-order valence-corrected chi connectivity index (χ4v) is 6.58. The van der Waals surface area contributed by atoms with Crippen LogP contribution in [0.1, 0.15) is 88.2 Å². The first-order valence-corrected chi connectivity index (χ1v) is 15.5. The van der Waals surface area contributed by atoms with Crippen LogP contribution in [0.2, 0.25) is 0 Å². The first-order valence-electron chi connectivity index (χ1n) is 15.5. The van der Waals surface area contributed by atoms with E-state index in [1.165, 1.54) is 43.2 Å². The summed E-state index contributed by atoms with van der Waals surface area (Å²) in [6.07, 6.45) is 5.73. The highest BCUT2D eigenvalue weighted by Gasteiger charge is 2.34. The number of halogens is 1. The van der Waals surface area contributed by atoms with Crippen LogP contribution in [-0.2, 0) is 17.7 Å². The average molecular weight is 586 g/mol. The van der Waals surface area contributed by atoms with Gasteiger partial charge in [-0.25, -0.2) is 9.18 Å². The Labute approximate surface area is 253 Å². The van der Waals surface area contributed by atoms with Crippen molar-refractivity contribution < 1.29 is 23.5 Å². The van der Waals surface area contributed by atoms with E-state index in [2.05, 4.69) is 28.9 Å². The molecule has 1 amide bonds. The monoisotopic (exact) mass is 585 g/mol. The van der Waals surface area contributed by atoms with E-state index in [9.17, 15) is 14.0 Å². The molecular formula is C35H40FN3O4. The number of nitrogens with zero attached hydrogens (tertiary/aromatic N) is 3. The third kappa shape index (κ3) is 6.16. The van der Waals surface area contributed by atoms with Crippen molar-refractivity contribution in [3.8, 4) is 16.9 Å². The second kappa shape index (κ2) is 12.4. The maximum atomic E-state index is 13.7. The summed E-state index contributed by atoms with van der Waals surface area (Å²) in [5, 5.41) is 0. The Balaban J connectivity index is 1.17. The third-order valence-corrected chi connectivity index (χ3v) is 8.99. The Kier molecular flexibility index (Phi) is 8.48. The molecule has 0 radical (unpaired) electrons. The van der Waals surface area contributed by atoms with E-state index < -0.39 is 5.97 Å². The van der Waals surface area contributed by atoms with Gasteiger partial charge in [-0.05, 0) is 85.9 Å². The molecule has 2 aliphatic heterocycles. The Morgan fingerprint density at radius 1 is 1.05 bits per heavy atom. The molecule has 1 saturated heterocycles. The summed E-state index contributed by atoms with van der Waals surface area (Å²) in [6.45, 7) is 7.78. The van der Waals surface area contributed by atoms with Crippen molar-refractivity contribution >= 4 is 11.9 Å². The smallest absolute Gasteiger partial charge is 0.339 e. The van der Waals surface area contributed by atoms with Gasteiger partial charge in [-0.2, -0.15) is 0 Å². The molecule has 0 atom stereocenters. The van der Waals surface area contributed by atoms with Crippen LogP contribution in [0.25, 0.3) is 11.1 Å². The molecule has 0 N–H and O–H groups in total. The van der Waals surface area contributed by atoms with Gasteiger partial charge in [0.25, 0.3) is 5.91 Å². The van der Waals surface area contributed by atoms with Gasteiger partial charge in [-0.15, -0.1) is 0 Å². The van der Waals surface area contributed by atoms with Crippen molar-refractivity contribution in [3.63, 3.8) is 0 Å². The van der Waals surface area contributed by atoms with Crippen LogP contribution in [0.15, 0.2) is 42.5 Å². The first-order chi connectivity index (χ1) is 20.9. The number of fused-ring (bicyclic) bond motifs is 1. The Morgan fingerprint density at radius 2 is 1.79 bits per heavy atom. The molecule has 6 rings (SSSR count). The summed E-state index contributed by atoms with van der Waals surface area (Å²) in [6, 6.07) is 13.1. The van der Waals surface area contributed by atoms with Gasteiger partial charge in [0.15, 0.2) is 0 Å². The normalized spacial score (nSPS) is 17.6. The van der Waals surface area contributed by atoms with Crippen LogP contribution in [0.4, 0.5) is 4.39 Å². The molecule has 2 fully saturated rings. The maximum absolute atomic E-state index is 13.7. The van der Waals surface area contributed by atoms with E-state index in [0.717, 1.165) is 61.5 Å². The summed E-state index contributed by atoms with van der Waals surface area (Å²) in [5.74, 6) is 0.655. The lowest BCUT2D eigenvalue weighted by Gasteiger charge is -2.40. The zero-order chi connectivity index (χ0) is 30.1. The lowest BCUT2D eigenvalue weighted by molar-refractivity contribution is 0.0543. The quantitative estimate of drug-likeness (QED) is 0.274. The summed E-state index contributed by atoms with van der Waals surface area (Å²) < 4.78 is 24.9. The van der Waals surface area contributed by atoms with Crippen molar-refractivity contribution in [2.75, 3.05) is 33.4 Å². The lowest BCUT2D eigenvalue weighted by Crippen LogP contribution is -2.50. The van der Waals surface area contributed by atoms with E-state index >= 15 is 0 Å². The SMILES string of the molecule is CCCOc1cc(CN2CCC(N3CCc4nc(C)c(C(=O)OC)cc4C3=O)CC2)cc(C2CC2)c1-c1ccc(F)cc1. The maximum Gasteiger partial charge on any atom is 0.339 e. The van der Waals surface area contributed by atoms with Crippen molar-refractivity contribution in [2.24, 2.45) is 0 Å². The van der Waals surface area contributed by atoms with Gasteiger partial charge in [0.05, 0.1) is 36.2 Å². The molecule has 3 heterocycles. The highest BCUT2D eigenvalue weighted by molar-refractivity contribution is 6.00. The number of piperidine rings is 1. The van der Waals surface area contributed by atoms with Crippen LogP contribution in [0.3, 0.4) is 0 Å². The molecule has 3 aliphatic rings. The molecule has 226 valence electrons. The average Bonchev–Trinajstić information content (AvgIpc) is 3.86. The highest BCUT2D eigenvalue weighted by atomic mass is 19.1. The molecule has 0 bridgehead atoms. The van der Waals surface area contributed by atoms with Gasteiger partial charge in [0, 0.05) is 44.2 Å². The predicted octanol–water partition coefficient (Wildman–Crippen LogP) is 6.31. The highest BCUT2D eigenvalue weighted by Crippen LogP contribution is 2.48. The van der Waals surface area contributed by atoms with E-state index in [4.69, 9.17) is 9.47 Å². The number of ether oxygens (including phenoxy) is 2. The summed E-state index contributed by atoms with van der Waals surface area (Å²) in [4.78, 5) is 34.8. The number of methoxy groups -OCH3 is 1. The molecule has 7 nitrogen and oxygen atoms in total. The van der Waals surface area contributed by atoms with E-state index in [1.807, 2.05) is 17.0 Å². The second-order valence-corrected chi connectivity index (χ2v) is 12.1. The summed E-state index contributed by atoms with van der Waals surface area (Å²) >= 11 is 0. The third-order valence-electron chi connectivity index (χ3n) is 8.99. The zero-order valence-electron chi connectivity index (χ0n) is 25.3. The number of carbonyl (C=O) groups is 2. The number of pyridine rings is 1. The number of hydrogen-bond donors (Lipinski definition) is 0. The molecule has 3 aromatic rings. The molecule has 1 aliphatic carbocycles. The molecule has 0 unspecified atom stereocenters. The number of hydrogen-bond acceptors (Lipinski definition) is 6. The summed E-state index contributed by atoms with van der Waals surface area (Å²) in [5.41, 5.74) is 6.87. The van der Waals surface area contributed by atoms with Gasteiger partial charge in [-0.3, -0.25) is 14.7 Å². The van der Waals surface area contributed by atoms with E-state index in [1.54, 1.807) is 13.0 Å².